The third-order valence-electron chi connectivity index (χ3n) is 3.40. The Morgan fingerprint density at radius 3 is 2.71 bits per heavy atom. The summed E-state index contributed by atoms with van der Waals surface area (Å²) in [6.07, 6.45) is 4.65. The molecule has 2 rings (SSSR count). The van der Waals surface area contributed by atoms with Gasteiger partial charge in [0.05, 0.1) is 0 Å². The van der Waals surface area contributed by atoms with E-state index >= 15 is 0 Å². The molecule has 2 aromatic rings. The lowest BCUT2D eigenvalue weighted by atomic mass is 10.2. The molecule has 1 N–H and O–H groups in total. The summed E-state index contributed by atoms with van der Waals surface area (Å²) in [5, 5.41) is 3.38. The third-order valence-corrected chi connectivity index (χ3v) is 3.40. The van der Waals surface area contributed by atoms with Gasteiger partial charge in [-0.05, 0) is 42.3 Å². The minimum absolute atomic E-state index is 0.814. The number of hydrogen-bond acceptors (Lipinski definition) is 4. The number of aromatic nitrogens is 2. The second-order valence-corrected chi connectivity index (χ2v) is 5.18. The van der Waals surface area contributed by atoms with Crippen molar-refractivity contribution in [2.45, 2.75) is 33.4 Å². The lowest BCUT2D eigenvalue weighted by Gasteiger charge is -2.20. The number of anilines is 1. The van der Waals surface area contributed by atoms with E-state index in [1.54, 1.807) is 6.20 Å². The van der Waals surface area contributed by atoms with Gasteiger partial charge < -0.3 is 10.2 Å². The second-order valence-electron chi connectivity index (χ2n) is 5.18. The average molecular weight is 284 g/mol. The quantitative estimate of drug-likeness (QED) is 0.849. The molecule has 0 saturated carbocycles. The molecule has 2 aromatic heterocycles. The molecular weight excluding hydrogens is 260 g/mol. The highest BCUT2D eigenvalue weighted by molar-refractivity contribution is 5.42. The summed E-state index contributed by atoms with van der Waals surface area (Å²) in [4.78, 5) is 11.1. The number of aryl methyl sites for hydroxylation is 1. The molecule has 0 aliphatic heterocycles. The van der Waals surface area contributed by atoms with Crippen LogP contribution >= 0.6 is 0 Å². The molecule has 4 heteroatoms. The van der Waals surface area contributed by atoms with Crippen LogP contribution in [-0.4, -0.2) is 23.6 Å². The Labute approximate surface area is 127 Å². The standard InChI is InChI=1S/C17H24N4/c1-4-16-9-15(12-18-5-2)10-17(20-16)21(3)13-14-7-6-8-19-11-14/h6-11,18H,4-5,12-13H2,1-3H3. The van der Waals surface area contributed by atoms with Crippen molar-refractivity contribution in [1.82, 2.24) is 15.3 Å². The van der Waals surface area contributed by atoms with Gasteiger partial charge in [-0.2, -0.15) is 0 Å². The van der Waals surface area contributed by atoms with Gasteiger partial charge in [0.1, 0.15) is 5.82 Å². The Bertz CT molecular complexity index is 554. The maximum Gasteiger partial charge on any atom is 0.129 e. The zero-order valence-corrected chi connectivity index (χ0v) is 13.1. The van der Waals surface area contributed by atoms with Crippen LogP contribution < -0.4 is 10.2 Å². The Morgan fingerprint density at radius 2 is 2.05 bits per heavy atom. The first-order valence-electron chi connectivity index (χ1n) is 7.53. The van der Waals surface area contributed by atoms with Crippen LogP contribution in [0, 0.1) is 0 Å². The molecule has 0 fully saturated rings. The fourth-order valence-electron chi connectivity index (χ4n) is 2.23. The van der Waals surface area contributed by atoms with Gasteiger partial charge in [0.25, 0.3) is 0 Å². The first-order valence-corrected chi connectivity index (χ1v) is 7.53. The smallest absolute Gasteiger partial charge is 0.129 e. The summed E-state index contributed by atoms with van der Waals surface area (Å²) in [6, 6.07) is 8.41. The van der Waals surface area contributed by atoms with Gasteiger partial charge in [0.15, 0.2) is 0 Å². The van der Waals surface area contributed by atoms with Crippen molar-refractivity contribution in [2.24, 2.45) is 0 Å². The molecule has 0 aliphatic rings. The monoisotopic (exact) mass is 284 g/mol. The summed E-state index contributed by atoms with van der Waals surface area (Å²) >= 11 is 0. The fraction of sp³-hybridized carbons (Fsp3) is 0.412. The fourth-order valence-corrected chi connectivity index (χ4v) is 2.23. The Balaban J connectivity index is 2.16. The van der Waals surface area contributed by atoms with Gasteiger partial charge in [-0.25, -0.2) is 4.98 Å². The van der Waals surface area contributed by atoms with Crippen molar-refractivity contribution in [3.05, 3.63) is 53.5 Å². The molecule has 0 aliphatic carbocycles. The lowest BCUT2D eigenvalue weighted by molar-refractivity contribution is 0.723. The van der Waals surface area contributed by atoms with E-state index in [1.807, 2.05) is 12.3 Å². The topological polar surface area (TPSA) is 41.1 Å². The average Bonchev–Trinajstić information content (AvgIpc) is 2.53. The highest BCUT2D eigenvalue weighted by atomic mass is 15.2. The number of pyridine rings is 2. The molecule has 0 spiro atoms. The van der Waals surface area contributed by atoms with Gasteiger partial charge >= 0.3 is 0 Å². The van der Waals surface area contributed by atoms with Gasteiger partial charge in [0, 0.05) is 38.2 Å². The number of rotatable bonds is 7. The summed E-state index contributed by atoms with van der Waals surface area (Å²) in [7, 11) is 2.08. The zero-order valence-electron chi connectivity index (χ0n) is 13.1. The van der Waals surface area contributed by atoms with E-state index in [1.165, 1.54) is 11.1 Å². The maximum atomic E-state index is 4.73. The van der Waals surface area contributed by atoms with Crippen molar-refractivity contribution in [2.75, 3.05) is 18.5 Å². The molecule has 0 bridgehead atoms. The van der Waals surface area contributed by atoms with Crippen LogP contribution in [-0.2, 0) is 19.5 Å². The van der Waals surface area contributed by atoms with Crippen molar-refractivity contribution < 1.29 is 0 Å². The predicted octanol–water partition coefficient (Wildman–Crippen LogP) is 2.78. The number of nitrogens with zero attached hydrogens (tertiary/aromatic N) is 3. The van der Waals surface area contributed by atoms with Crippen LogP contribution in [0.1, 0.15) is 30.7 Å². The van der Waals surface area contributed by atoms with E-state index in [4.69, 9.17) is 4.98 Å². The Hall–Kier alpha value is -1.94. The SMILES string of the molecule is CCNCc1cc(CC)nc(N(C)Cc2cccnc2)c1. The molecule has 0 radical (unpaired) electrons. The first kappa shape index (κ1) is 15.4. The van der Waals surface area contributed by atoms with E-state index < -0.39 is 0 Å². The number of nitrogens with one attached hydrogen (secondary N) is 1. The van der Waals surface area contributed by atoms with Gasteiger partial charge in [-0.1, -0.05) is 19.9 Å². The van der Waals surface area contributed by atoms with E-state index in [9.17, 15) is 0 Å². The van der Waals surface area contributed by atoms with Crippen molar-refractivity contribution in [3.63, 3.8) is 0 Å². The molecule has 0 saturated heterocycles. The zero-order chi connectivity index (χ0) is 15.1. The Morgan fingerprint density at radius 1 is 1.19 bits per heavy atom. The highest BCUT2D eigenvalue weighted by Gasteiger charge is 2.07. The molecule has 0 amide bonds. The van der Waals surface area contributed by atoms with Gasteiger partial charge in [-0.3, -0.25) is 4.98 Å². The summed E-state index contributed by atoms with van der Waals surface area (Å²) < 4.78 is 0. The van der Waals surface area contributed by atoms with Gasteiger partial charge in [-0.15, -0.1) is 0 Å². The summed E-state index contributed by atoms with van der Waals surface area (Å²) in [6.45, 7) is 6.95. The highest BCUT2D eigenvalue weighted by Crippen LogP contribution is 2.16. The first-order chi connectivity index (χ1) is 10.2. The molecule has 2 heterocycles. The molecule has 4 nitrogen and oxygen atoms in total. The summed E-state index contributed by atoms with van der Waals surface area (Å²) in [5.74, 6) is 1.02. The molecule has 0 aromatic carbocycles. The van der Waals surface area contributed by atoms with Crippen LogP contribution in [0.15, 0.2) is 36.7 Å². The van der Waals surface area contributed by atoms with Crippen molar-refractivity contribution in [1.29, 1.82) is 0 Å². The minimum atomic E-state index is 0.814. The number of hydrogen-bond donors (Lipinski definition) is 1. The maximum absolute atomic E-state index is 4.73. The molecular formula is C17H24N4. The van der Waals surface area contributed by atoms with E-state index in [-0.39, 0.29) is 0 Å². The van der Waals surface area contributed by atoms with Crippen molar-refractivity contribution in [3.8, 4) is 0 Å². The largest absolute Gasteiger partial charge is 0.355 e. The molecule has 112 valence electrons. The van der Waals surface area contributed by atoms with E-state index in [0.29, 0.717) is 0 Å². The predicted molar refractivity (Wildman–Crippen MR) is 87.3 cm³/mol. The van der Waals surface area contributed by atoms with Crippen LogP contribution in [0.2, 0.25) is 0 Å². The normalized spacial score (nSPS) is 10.6. The third kappa shape index (κ3) is 4.53. The molecule has 21 heavy (non-hydrogen) atoms. The molecule has 0 unspecified atom stereocenters. The molecule has 0 atom stereocenters. The lowest BCUT2D eigenvalue weighted by Crippen LogP contribution is -2.19. The Kier molecular flexibility index (Phi) is 5.69. The van der Waals surface area contributed by atoms with Crippen LogP contribution in [0.4, 0.5) is 5.82 Å². The van der Waals surface area contributed by atoms with Crippen molar-refractivity contribution >= 4 is 5.82 Å². The van der Waals surface area contributed by atoms with Crippen LogP contribution in [0.5, 0.6) is 0 Å². The minimum Gasteiger partial charge on any atom is -0.355 e. The van der Waals surface area contributed by atoms with E-state index in [0.717, 1.165) is 37.6 Å². The van der Waals surface area contributed by atoms with Gasteiger partial charge in [0.2, 0.25) is 0 Å². The van der Waals surface area contributed by atoms with Crippen LogP contribution in [0.3, 0.4) is 0 Å². The summed E-state index contributed by atoms with van der Waals surface area (Å²) in [5.41, 5.74) is 3.62. The van der Waals surface area contributed by atoms with Crippen LogP contribution in [0.25, 0.3) is 0 Å². The van der Waals surface area contributed by atoms with E-state index in [2.05, 4.69) is 54.3 Å². The second kappa shape index (κ2) is 7.74.